The highest BCUT2D eigenvalue weighted by molar-refractivity contribution is 5.80. The minimum atomic E-state index is 0.215. The molecule has 3 aromatic rings. The van der Waals surface area contributed by atoms with Crippen LogP contribution >= 0.6 is 0 Å². The molecule has 2 aromatic heterocycles. The van der Waals surface area contributed by atoms with Gasteiger partial charge in [-0.1, -0.05) is 18.2 Å². The molecule has 0 saturated heterocycles. The molecule has 2 N–H and O–H groups in total. The summed E-state index contributed by atoms with van der Waals surface area (Å²) in [6.07, 6.45) is 1.71. The van der Waals surface area contributed by atoms with E-state index in [1.807, 2.05) is 67.5 Å². The van der Waals surface area contributed by atoms with Crippen molar-refractivity contribution in [3.8, 4) is 28.6 Å². The van der Waals surface area contributed by atoms with E-state index in [0.29, 0.717) is 11.3 Å². The smallest absolute Gasteiger partial charge is 0.142 e. The van der Waals surface area contributed by atoms with E-state index in [-0.39, 0.29) is 5.82 Å². The van der Waals surface area contributed by atoms with Crippen LogP contribution in [0.1, 0.15) is 5.56 Å². The average Bonchev–Trinajstić information content (AvgIpc) is 2.62. The standard InChI is InChI=1S/C19H17N5/c1-24(2)14-8-6-13(7-9-14)15-11-18(17-5-3-4-10-22-17)23-19(21)16(15)12-20/h3-11H,1-2H3,(H2,21,23). The average molecular weight is 315 g/mol. The molecule has 5 heteroatoms. The number of benzene rings is 1. The van der Waals surface area contributed by atoms with Gasteiger partial charge in [0.2, 0.25) is 0 Å². The van der Waals surface area contributed by atoms with Crippen LogP contribution in [0.25, 0.3) is 22.5 Å². The van der Waals surface area contributed by atoms with Crippen LogP contribution in [0.3, 0.4) is 0 Å². The van der Waals surface area contributed by atoms with Crippen molar-refractivity contribution in [2.45, 2.75) is 0 Å². The second kappa shape index (κ2) is 6.39. The van der Waals surface area contributed by atoms with E-state index in [0.717, 1.165) is 22.5 Å². The molecular weight excluding hydrogens is 298 g/mol. The molecule has 0 aliphatic carbocycles. The van der Waals surface area contributed by atoms with Crippen LogP contribution in [0.5, 0.6) is 0 Å². The Kier molecular flexibility index (Phi) is 4.13. The third-order valence-corrected chi connectivity index (χ3v) is 3.78. The van der Waals surface area contributed by atoms with Gasteiger partial charge < -0.3 is 10.6 Å². The van der Waals surface area contributed by atoms with Crippen molar-refractivity contribution in [3.63, 3.8) is 0 Å². The van der Waals surface area contributed by atoms with Gasteiger partial charge in [0.15, 0.2) is 0 Å². The van der Waals surface area contributed by atoms with E-state index in [4.69, 9.17) is 5.73 Å². The molecule has 24 heavy (non-hydrogen) atoms. The summed E-state index contributed by atoms with van der Waals surface area (Å²) in [5, 5.41) is 9.47. The highest BCUT2D eigenvalue weighted by atomic mass is 15.1. The number of rotatable bonds is 3. The predicted molar refractivity (Wildman–Crippen MR) is 96.4 cm³/mol. The SMILES string of the molecule is CN(C)c1ccc(-c2cc(-c3ccccn3)nc(N)c2C#N)cc1. The highest BCUT2D eigenvalue weighted by Crippen LogP contribution is 2.31. The zero-order valence-electron chi connectivity index (χ0n) is 13.6. The first kappa shape index (κ1) is 15.5. The maximum Gasteiger partial charge on any atom is 0.142 e. The third-order valence-electron chi connectivity index (χ3n) is 3.78. The molecular formula is C19H17N5. The summed E-state index contributed by atoms with van der Waals surface area (Å²) in [5.41, 5.74) is 10.5. The number of hydrogen-bond donors (Lipinski definition) is 1. The summed E-state index contributed by atoms with van der Waals surface area (Å²) in [7, 11) is 3.97. The molecule has 0 fully saturated rings. The molecule has 5 nitrogen and oxygen atoms in total. The summed E-state index contributed by atoms with van der Waals surface area (Å²) in [4.78, 5) is 10.7. The van der Waals surface area contributed by atoms with Gasteiger partial charge in [0.1, 0.15) is 17.5 Å². The van der Waals surface area contributed by atoms with Crippen LogP contribution < -0.4 is 10.6 Å². The number of nitrogen functional groups attached to an aromatic ring is 1. The Bertz CT molecular complexity index is 894. The fourth-order valence-corrected chi connectivity index (χ4v) is 2.49. The Labute approximate surface area is 141 Å². The summed E-state index contributed by atoms with van der Waals surface area (Å²) in [5.74, 6) is 0.215. The van der Waals surface area contributed by atoms with Gasteiger partial charge >= 0.3 is 0 Å². The van der Waals surface area contributed by atoms with Crippen molar-refractivity contribution < 1.29 is 0 Å². The van der Waals surface area contributed by atoms with Crippen LogP contribution in [-0.4, -0.2) is 24.1 Å². The van der Waals surface area contributed by atoms with Gasteiger partial charge in [-0.25, -0.2) is 4.98 Å². The fraction of sp³-hybridized carbons (Fsp3) is 0.105. The molecule has 0 aliphatic heterocycles. The van der Waals surface area contributed by atoms with E-state index in [9.17, 15) is 5.26 Å². The first-order valence-electron chi connectivity index (χ1n) is 7.50. The van der Waals surface area contributed by atoms with Crippen molar-refractivity contribution in [1.29, 1.82) is 5.26 Å². The van der Waals surface area contributed by atoms with Crippen LogP contribution in [0.15, 0.2) is 54.7 Å². The van der Waals surface area contributed by atoms with Gasteiger partial charge in [-0.15, -0.1) is 0 Å². The maximum absolute atomic E-state index is 9.47. The lowest BCUT2D eigenvalue weighted by Gasteiger charge is -2.14. The molecule has 0 saturated carbocycles. The van der Waals surface area contributed by atoms with Gasteiger partial charge in [-0.05, 0) is 35.9 Å². The lowest BCUT2D eigenvalue weighted by molar-refractivity contribution is 1.13. The van der Waals surface area contributed by atoms with Crippen LogP contribution in [0, 0.1) is 11.3 Å². The van der Waals surface area contributed by atoms with E-state index < -0.39 is 0 Å². The maximum atomic E-state index is 9.47. The largest absolute Gasteiger partial charge is 0.383 e. The molecule has 0 bridgehead atoms. The molecule has 0 unspecified atom stereocenters. The Morgan fingerprint density at radius 3 is 2.38 bits per heavy atom. The van der Waals surface area contributed by atoms with Gasteiger partial charge in [0, 0.05) is 31.5 Å². The van der Waals surface area contributed by atoms with Crippen LogP contribution in [0.2, 0.25) is 0 Å². The van der Waals surface area contributed by atoms with Crippen molar-refractivity contribution in [2.24, 2.45) is 0 Å². The second-order valence-electron chi connectivity index (χ2n) is 5.58. The summed E-state index contributed by atoms with van der Waals surface area (Å²) in [6, 6.07) is 17.6. The lowest BCUT2D eigenvalue weighted by Crippen LogP contribution is -2.08. The van der Waals surface area contributed by atoms with E-state index in [1.54, 1.807) is 6.20 Å². The summed E-state index contributed by atoms with van der Waals surface area (Å²) >= 11 is 0. The van der Waals surface area contributed by atoms with Crippen molar-refractivity contribution >= 4 is 11.5 Å². The van der Waals surface area contributed by atoms with Crippen molar-refractivity contribution in [2.75, 3.05) is 24.7 Å². The van der Waals surface area contributed by atoms with Gasteiger partial charge in [0.05, 0.1) is 11.4 Å². The monoisotopic (exact) mass is 315 g/mol. The summed E-state index contributed by atoms with van der Waals surface area (Å²) in [6.45, 7) is 0. The minimum absolute atomic E-state index is 0.215. The predicted octanol–water partition coefficient (Wildman–Crippen LogP) is 3.33. The highest BCUT2D eigenvalue weighted by Gasteiger charge is 2.14. The molecule has 0 aliphatic rings. The quantitative estimate of drug-likeness (QED) is 0.802. The zero-order chi connectivity index (χ0) is 17.1. The van der Waals surface area contributed by atoms with E-state index >= 15 is 0 Å². The van der Waals surface area contributed by atoms with Crippen LogP contribution in [-0.2, 0) is 0 Å². The Morgan fingerprint density at radius 2 is 1.79 bits per heavy atom. The van der Waals surface area contributed by atoms with E-state index in [1.165, 1.54) is 0 Å². The van der Waals surface area contributed by atoms with Crippen molar-refractivity contribution in [1.82, 2.24) is 9.97 Å². The fourth-order valence-electron chi connectivity index (χ4n) is 2.49. The number of hydrogen-bond acceptors (Lipinski definition) is 5. The molecule has 3 rings (SSSR count). The molecule has 1 aromatic carbocycles. The van der Waals surface area contributed by atoms with Gasteiger partial charge in [-0.2, -0.15) is 5.26 Å². The molecule has 0 spiro atoms. The first-order chi connectivity index (χ1) is 11.6. The van der Waals surface area contributed by atoms with Crippen molar-refractivity contribution in [3.05, 3.63) is 60.3 Å². The lowest BCUT2D eigenvalue weighted by atomic mass is 9.99. The molecule has 0 atom stereocenters. The number of nitriles is 1. The first-order valence-corrected chi connectivity index (χ1v) is 7.50. The number of nitrogens with two attached hydrogens (primary N) is 1. The number of anilines is 2. The molecule has 118 valence electrons. The number of nitrogens with zero attached hydrogens (tertiary/aromatic N) is 4. The zero-order valence-corrected chi connectivity index (χ0v) is 13.6. The Morgan fingerprint density at radius 1 is 1.04 bits per heavy atom. The number of pyridine rings is 2. The Balaban J connectivity index is 2.15. The second-order valence-corrected chi connectivity index (χ2v) is 5.58. The van der Waals surface area contributed by atoms with Crippen LogP contribution in [0.4, 0.5) is 11.5 Å². The summed E-state index contributed by atoms with van der Waals surface area (Å²) < 4.78 is 0. The molecule has 2 heterocycles. The third kappa shape index (κ3) is 2.90. The molecule has 0 radical (unpaired) electrons. The minimum Gasteiger partial charge on any atom is -0.383 e. The van der Waals surface area contributed by atoms with Gasteiger partial charge in [-0.3, -0.25) is 4.98 Å². The van der Waals surface area contributed by atoms with E-state index in [2.05, 4.69) is 16.0 Å². The van der Waals surface area contributed by atoms with Gasteiger partial charge in [0.25, 0.3) is 0 Å². The normalized spacial score (nSPS) is 10.2. The topological polar surface area (TPSA) is 78.8 Å². The Hall–Kier alpha value is -3.39. The molecule has 0 amide bonds. The number of aromatic nitrogens is 2.